The van der Waals surface area contributed by atoms with E-state index in [2.05, 4.69) is 29.1 Å². The summed E-state index contributed by atoms with van der Waals surface area (Å²) in [7, 11) is 0. The van der Waals surface area contributed by atoms with Gasteiger partial charge in [-0.05, 0) is 25.1 Å². The van der Waals surface area contributed by atoms with Crippen LogP contribution in [0.4, 0.5) is 4.39 Å². The number of aryl methyl sites for hydroxylation is 1. The van der Waals surface area contributed by atoms with Gasteiger partial charge in [0.05, 0.1) is 11.9 Å². The van der Waals surface area contributed by atoms with Crippen LogP contribution in [0.5, 0.6) is 0 Å². The van der Waals surface area contributed by atoms with Crippen molar-refractivity contribution in [2.45, 2.75) is 32.7 Å². The molecule has 19 heavy (non-hydrogen) atoms. The van der Waals surface area contributed by atoms with Crippen molar-refractivity contribution in [3.05, 3.63) is 42.1 Å². The molecule has 1 aromatic heterocycles. The molecule has 3 nitrogen and oxygen atoms in total. The molecule has 1 aromatic carbocycles. The average Bonchev–Trinajstić information content (AvgIpc) is 2.83. The van der Waals surface area contributed by atoms with Gasteiger partial charge in [0.2, 0.25) is 0 Å². The number of aromatic amines is 1. The number of halogens is 1. The number of rotatable bonds is 6. The molecule has 0 spiro atoms. The molecule has 0 unspecified atom stereocenters. The highest BCUT2D eigenvalue weighted by atomic mass is 19.1. The van der Waals surface area contributed by atoms with Crippen molar-refractivity contribution >= 4 is 0 Å². The number of imidazole rings is 1. The number of aromatic nitrogens is 2. The first-order valence-electron chi connectivity index (χ1n) is 6.69. The first-order chi connectivity index (χ1) is 9.16. The fourth-order valence-electron chi connectivity index (χ4n) is 1.95. The van der Waals surface area contributed by atoms with E-state index in [9.17, 15) is 4.39 Å². The first-order valence-corrected chi connectivity index (χ1v) is 6.69. The molecule has 0 saturated carbocycles. The Morgan fingerprint density at radius 3 is 2.84 bits per heavy atom. The van der Waals surface area contributed by atoms with E-state index < -0.39 is 0 Å². The molecule has 1 heterocycles. The minimum Gasteiger partial charge on any atom is -0.342 e. The van der Waals surface area contributed by atoms with Gasteiger partial charge in [-0.1, -0.05) is 26.0 Å². The highest BCUT2D eigenvalue weighted by molar-refractivity contribution is 5.59. The van der Waals surface area contributed by atoms with Crippen LogP contribution in [-0.2, 0) is 6.42 Å². The Hall–Kier alpha value is -1.68. The standard InChI is InChI=1S/C15H20FN3/c1-11(2)17-9-5-8-15-18-10-14(19-15)12-6-3-4-7-13(12)16/h3-4,6-7,10-11,17H,5,8-9H2,1-2H3,(H,18,19). The van der Waals surface area contributed by atoms with Gasteiger partial charge in [0.25, 0.3) is 0 Å². The zero-order chi connectivity index (χ0) is 13.7. The van der Waals surface area contributed by atoms with Crippen LogP contribution in [-0.4, -0.2) is 22.6 Å². The summed E-state index contributed by atoms with van der Waals surface area (Å²) >= 11 is 0. The second-order valence-electron chi connectivity index (χ2n) is 4.94. The fourth-order valence-corrected chi connectivity index (χ4v) is 1.95. The van der Waals surface area contributed by atoms with Crippen molar-refractivity contribution in [1.29, 1.82) is 0 Å². The number of nitrogens with zero attached hydrogens (tertiary/aromatic N) is 1. The number of hydrogen-bond acceptors (Lipinski definition) is 2. The lowest BCUT2D eigenvalue weighted by Gasteiger charge is -2.06. The third-order valence-corrected chi connectivity index (χ3v) is 2.94. The lowest BCUT2D eigenvalue weighted by Crippen LogP contribution is -2.24. The molecule has 0 saturated heterocycles. The molecular formula is C15H20FN3. The maximum atomic E-state index is 13.6. The van der Waals surface area contributed by atoms with Gasteiger partial charge in [0, 0.05) is 18.0 Å². The Labute approximate surface area is 113 Å². The molecule has 0 aliphatic heterocycles. The monoisotopic (exact) mass is 261 g/mol. The van der Waals surface area contributed by atoms with Crippen LogP contribution in [0.15, 0.2) is 30.5 Å². The summed E-state index contributed by atoms with van der Waals surface area (Å²) in [6.07, 6.45) is 3.58. The molecule has 0 fully saturated rings. The molecule has 0 atom stereocenters. The molecular weight excluding hydrogens is 241 g/mol. The van der Waals surface area contributed by atoms with Crippen LogP contribution in [0.25, 0.3) is 11.3 Å². The zero-order valence-electron chi connectivity index (χ0n) is 11.4. The second-order valence-corrected chi connectivity index (χ2v) is 4.94. The van der Waals surface area contributed by atoms with Gasteiger partial charge in [0.15, 0.2) is 0 Å². The molecule has 2 N–H and O–H groups in total. The van der Waals surface area contributed by atoms with Gasteiger partial charge >= 0.3 is 0 Å². The molecule has 0 amide bonds. The minimum atomic E-state index is -0.223. The first kappa shape index (κ1) is 13.7. The van der Waals surface area contributed by atoms with E-state index in [0.29, 0.717) is 11.6 Å². The normalized spacial score (nSPS) is 11.2. The van der Waals surface area contributed by atoms with Crippen LogP contribution in [0.3, 0.4) is 0 Å². The quantitative estimate of drug-likeness (QED) is 0.784. The lowest BCUT2D eigenvalue weighted by atomic mass is 10.1. The molecule has 0 radical (unpaired) electrons. The van der Waals surface area contributed by atoms with E-state index in [-0.39, 0.29) is 5.82 Å². The Balaban J connectivity index is 1.94. The Morgan fingerprint density at radius 1 is 1.32 bits per heavy atom. The highest BCUT2D eigenvalue weighted by Crippen LogP contribution is 2.20. The maximum absolute atomic E-state index is 13.6. The van der Waals surface area contributed by atoms with E-state index in [0.717, 1.165) is 30.9 Å². The van der Waals surface area contributed by atoms with Crippen LogP contribution in [0, 0.1) is 5.82 Å². The Bertz CT molecular complexity index is 520. The van der Waals surface area contributed by atoms with Crippen molar-refractivity contribution in [3.8, 4) is 11.3 Å². The third-order valence-electron chi connectivity index (χ3n) is 2.94. The lowest BCUT2D eigenvalue weighted by molar-refractivity contribution is 0.567. The maximum Gasteiger partial charge on any atom is 0.132 e. The van der Waals surface area contributed by atoms with Gasteiger partial charge < -0.3 is 10.3 Å². The van der Waals surface area contributed by atoms with Crippen molar-refractivity contribution in [1.82, 2.24) is 15.3 Å². The second kappa shape index (κ2) is 6.48. The number of hydrogen-bond donors (Lipinski definition) is 2. The topological polar surface area (TPSA) is 40.7 Å². The molecule has 2 rings (SSSR count). The van der Waals surface area contributed by atoms with Gasteiger partial charge in [0.1, 0.15) is 11.6 Å². The van der Waals surface area contributed by atoms with Gasteiger partial charge in [-0.2, -0.15) is 0 Å². The SMILES string of the molecule is CC(C)NCCCc1ncc(-c2ccccc2F)[nH]1. The van der Waals surface area contributed by atoms with Crippen LogP contribution >= 0.6 is 0 Å². The van der Waals surface area contributed by atoms with E-state index in [1.165, 1.54) is 6.07 Å². The number of nitrogens with one attached hydrogen (secondary N) is 2. The molecule has 4 heteroatoms. The van der Waals surface area contributed by atoms with Gasteiger partial charge in [-0.15, -0.1) is 0 Å². The molecule has 102 valence electrons. The van der Waals surface area contributed by atoms with Crippen LogP contribution in [0.2, 0.25) is 0 Å². The van der Waals surface area contributed by atoms with Crippen LogP contribution in [0.1, 0.15) is 26.1 Å². The molecule has 0 aliphatic rings. The smallest absolute Gasteiger partial charge is 0.132 e. The Morgan fingerprint density at radius 2 is 2.11 bits per heavy atom. The molecule has 2 aromatic rings. The Kier molecular flexibility index (Phi) is 4.68. The third kappa shape index (κ3) is 3.89. The molecule has 0 aliphatic carbocycles. The van der Waals surface area contributed by atoms with Crippen molar-refractivity contribution < 1.29 is 4.39 Å². The van der Waals surface area contributed by atoms with Gasteiger partial charge in [-0.25, -0.2) is 9.37 Å². The van der Waals surface area contributed by atoms with Crippen molar-refractivity contribution in [3.63, 3.8) is 0 Å². The van der Waals surface area contributed by atoms with E-state index in [1.807, 2.05) is 6.07 Å². The average molecular weight is 261 g/mol. The summed E-state index contributed by atoms with van der Waals surface area (Å²) in [6.45, 7) is 5.22. The summed E-state index contributed by atoms with van der Waals surface area (Å²) in [5, 5.41) is 3.36. The predicted molar refractivity (Wildman–Crippen MR) is 75.4 cm³/mol. The van der Waals surface area contributed by atoms with E-state index in [4.69, 9.17) is 0 Å². The highest BCUT2D eigenvalue weighted by Gasteiger charge is 2.07. The molecule has 0 bridgehead atoms. The minimum absolute atomic E-state index is 0.223. The fraction of sp³-hybridized carbons (Fsp3) is 0.400. The van der Waals surface area contributed by atoms with E-state index >= 15 is 0 Å². The summed E-state index contributed by atoms with van der Waals surface area (Å²) in [6, 6.07) is 7.24. The predicted octanol–water partition coefficient (Wildman–Crippen LogP) is 3.15. The van der Waals surface area contributed by atoms with E-state index in [1.54, 1.807) is 18.3 Å². The number of benzene rings is 1. The summed E-state index contributed by atoms with van der Waals surface area (Å²) < 4.78 is 13.6. The summed E-state index contributed by atoms with van der Waals surface area (Å²) in [4.78, 5) is 7.48. The van der Waals surface area contributed by atoms with Gasteiger partial charge in [-0.3, -0.25) is 0 Å². The van der Waals surface area contributed by atoms with Crippen molar-refractivity contribution in [2.24, 2.45) is 0 Å². The largest absolute Gasteiger partial charge is 0.342 e. The number of H-pyrrole nitrogens is 1. The zero-order valence-corrected chi connectivity index (χ0v) is 11.4. The van der Waals surface area contributed by atoms with Crippen LogP contribution < -0.4 is 5.32 Å². The van der Waals surface area contributed by atoms with Crippen molar-refractivity contribution in [2.75, 3.05) is 6.54 Å². The summed E-state index contributed by atoms with van der Waals surface area (Å²) in [5.74, 6) is 0.683. The summed E-state index contributed by atoms with van der Waals surface area (Å²) in [5.41, 5.74) is 1.31.